The standard InChI is InChI=1S/C22H26FNO5/c1-22(2,3)29-21(26)24-19(20(25)27-4)13-15-7-11-18(12-8-15)28-14-16-5-9-17(23)10-6-16/h5-12,19H,13-14H2,1-4H3,(H,24,26)/t19-/m0/s1. The van der Waals surface area contributed by atoms with Crippen molar-refractivity contribution < 1.29 is 28.2 Å². The highest BCUT2D eigenvalue weighted by atomic mass is 19.1. The van der Waals surface area contributed by atoms with Crippen LogP contribution in [0.1, 0.15) is 31.9 Å². The molecule has 2 aromatic carbocycles. The molecule has 0 aromatic heterocycles. The Hall–Kier alpha value is -3.09. The van der Waals surface area contributed by atoms with Crippen molar-refractivity contribution >= 4 is 12.1 Å². The van der Waals surface area contributed by atoms with Gasteiger partial charge in [0.05, 0.1) is 7.11 Å². The Morgan fingerprint density at radius 3 is 2.14 bits per heavy atom. The van der Waals surface area contributed by atoms with Gasteiger partial charge < -0.3 is 19.5 Å². The van der Waals surface area contributed by atoms with Crippen molar-refractivity contribution in [2.45, 2.75) is 45.4 Å². The number of ether oxygens (including phenoxy) is 3. The van der Waals surface area contributed by atoms with Crippen molar-refractivity contribution in [1.29, 1.82) is 0 Å². The van der Waals surface area contributed by atoms with Gasteiger partial charge in [0.1, 0.15) is 29.8 Å². The SMILES string of the molecule is COC(=O)[C@H](Cc1ccc(OCc2ccc(F)cc2)cc1)NC(=O)OC(C)(C)C. The topological polar surface area (TPSA) is 73.9 Å². The molecule has 0 unspecified atom stereocenters. The van der Waals surface area contributed by atoms with E-state index in [-0.39, 0.29) is 12.2 Å². The van der Waals surface area contributed by atoms with Crippen molar-refractivity contribution in [3.8, 4) is 5.75 Å². The minimum absolute atomic E-state index is 0.240. The second kappa shape index (κ2) is 9.91. The van der Waals surface area contributed by atoms with Gasteiger partial charge in [0.15, 0.2) is 0 Å². The second-order valence-corrected chi connectivity index (χ2v) is 7.49. The molecule has 0 fully saturated rings. The molecule has 0 saturated carbocycles. The molecule has 156 valence electrons. The lowest BCUT2D eigenvalue weighted by Gasteiger charge is -2.22. The van der Waals surface area contributed by atoms with Crippen LogP contribution in [0.15, 0.2) is 48.5 Å². The molecule has 0 heterocycles. The first-order valence-electron chi connectivity index (χ1n) is 9.20. The van der Waals surface area contributed by atoms with E-state index in [2.05, 4.69) is 5.32 Å². The number of hydrogen-bond acceptors (Lipinski definition) is 5. The van der Waals surface area contributed by atoms with Gasteiger partial charge in [0, 0.05) is 6.42 Å². The van der Waals surface area contributed by atoms with E-state index in [0.717, 1.165) is 11.1 Å². The molecule has 0 aliphatic heterocycles. The van der Waals surface area contributed by atoms with Gasteiger partial charge in [0.2, 0.25) is 0 Å². The molecule has 1 N–H and O–H groups in total. The van der Waals surface area contributed by atoms with Crippen LogP contribution >= 0.6 is 0 Å². The molecule has 0 spiro atoms. The fraction of sp³-hybridized carbons (Fsp3) is 0.364. The van der Waals surface area contributed by atoms with Crippen LogP contribution in [0.3, 0.4) is 0 Å². The molecule has 1 amide bonds. The monoisotopic (exact) mass is 403 g/mol. The van der Waals surface area contributed by atoms with Gasteiger partial charge in [-0.2, -0.15) is 0 Å². The quantitative estimate of drug-likeness (QED) is 0.707. The molecular weight excluding hydrogens is 377 g/mol. The fourth-order valence-corrected chi connectivity index (χ4v) is 2.49. The summed E-state index contributed by atoms with van der Waals surface area (Å²) in [6, 6.07) is 12.3. The molecule has 29 heavy (non-hydrogen) atoms. The lowest BCUT2D eigenvalue weighted by molar-refractivity contribution is -0.143. The Morgan fingerprint density at radius 1 is 1.00 bits per heavy atom. The molecule has 2 aromatic rings. The predicted molar refractivity (Wildman–Crippen MR) is 106 cm³/mol. The number of esters is 1. The third-order valence-electron chi connectivity index (χ3n) is 3.86. The molecule has 0 radical (unpaired) electrons. The first kappa shape index (κ1) is 22.2. The smallest absolute Gasteiger partial charge is 0.408 e. The van der Waals surface area contributed by atoms with E-state index in [9.17, 15) is 14.0 Å². The van der Waals surface area contributed by atoms with E-state index < -0.39 is 23.7 Å². The number of methoxy groups -OCH3 is 1. The lowest BCUT2D eigenvalue weighted by Crippen LogP contribution is -2.45. The molecule has 2 rings (SSSR count). The van der Waals surface area contributed by atoms with E-state index in [0.29, 0.717) is 12.4 Å². The van der Waals surface area contributed by atoms with E-state index in [4.69, 9.17) is 14.2 Å². The summed E-state index contributed by atoms with van der Waals surface area (Å²) in [6.45, 7) is 5.53. The number of rotatable bonds is 7. The van der Waals surface area contributed by atoms with Gasteiger partial charge in [-0.25, -0.2) is 14.0 Å². The summed E-state index contributed by atoms with van der Waals surface area (Å²) in [7, 11) is 1.26. The van der Waals surface area contributed by atoms with Crippen molar-refractivity contribution in [2.75, 3.05) is 7.11 Å². The van der Waals surface area contributed by atoms with Gasteiger partial charge in [0.25, 0.3) is 0 Å². The van der Waals surface area contributed by atoms with Crippen molar-refractivity contribution in [2.24, 2.45) is 0 Å². The van der Waals surface area contributed by atoms with Crippen LogP contribution in [0.4, 0.5) is 9.18 Å². The normalized spacial score (nSPS) is 12.0. The largest absolute Gasteiger partial charge is 0.489 e. The number of halogens is 1. The molecular formula is C22H26FNO5. The summed E-state index contributed by atoms with van der Waals surface area (Å²) in [5.41, 5.74) is 0.988. The highest BCUT2D eigenvalue weighted by Crippen LogP contribution is 2.16. The highest BCUT2D eigenvalue weighted by Gasteiger charge is 2.25. The van der Waals surface area contributed by atoms with Crippen LogP contribution in [0.25, 0.3) is 0 Å². The Morgan fingerprint density at radius 2 is 1.59 bits per heavy atom. The Balaban J connectivity index is 1.95. The number of carbonyl (C=O) groups is 2. The van der Waals surface area contributed by atoms with Crippen LogP contribution in [0.5, 0.6) is 5.75 Å². The summed E-state index contributed by atoms with van der Waals surface area (Å²) >= 11 is 0. The summed E-state index contributed by atoms with van der Waals surface area (Å²) in [6.07, 6.45) is -0.448. The van der Waals surface area contributed by atoms with Crippen LogP contribution < -0.4 is 10.1 Å². The molecule has 7 heteroatoms. The van der Waals surface area contributed by atoms with Crippen molar-refractivity contribution in [3.63, 3.8) is 0 Å². The molecule has 0 bridgehead atoms. The summed E-state index contributed by atoms with van der Waals surface area (Å²) in [5, 5.41) is 2.54. The number of hydrogen-bond donors (Lipinski definition) is 1. The number of alkyl carbamates (subject to hydrolysis) is 1. The van der Waals surface area contributed by atoms with E-state index in [1.807, 2.05) is 0 Å². The molecule has 0 aliphatic rings. The van der Waals surface area contributed by atoms with Gasteiger partial charge in [-0.15, -0.1) is 0 Å². The van der Waals surface area contributed by atoms with Gasteiger partial charge >= 0.3 is 12.1 Å². The fourth-order valence-electron chi connectivity index (χ4n) is 2.49. The third kappa shape index (κ3) is 7.81. The van der Waals surface area contributed by atoms with Crippen LogP contribution in [-0.2, 0) is 27.3 Å². The van der Waals surface area contributed by atoms with Crippen molar-refractivity contribution in [3.05, 3.63) is 65.5 Å². The second-order valence-electron chi connectivity index (χ2n) is 7.49. The summed E-state index contributed by atoms with van der Waals surface area (Å²) < 4.78 is 28.6. The average Bonchev–Trinajstić information content (AvgIpc) is 2.66. The number of amides is 1. The number of nitrogens with one attached hydrogen (secondary N) is 1. The van der Waals surface area contributed by atoms with Gasteiger partial charge in [-0.05, 0) is 56.2 Å². The van der Waals surface area contributed by atoms with Gasteiger partial charge in [-0.1, -0.05) is 24.3 Å². The minimum Gasteiger partial charge on any atom is -0.489 e. The number of carbonyl (C=O) groups excluding carboxylic acids is 2. The van der Waals surface area contributed by atoms with E-state index in [1.54, 1.807) is 57.2 Å². The first-order valence-corrected chi connectivity index (χ1v) is 9.20. The zero-order valence-corrected chi connectivity index (χ0v) is 17.0. The Bertz CT molecular complexity index is 813. The maximum Gasteiger partial charge on any atom is 0.408 e. The number of benzene rings is 2. The molecule has 0 saturated heterocycles. The summed E-state index contributed by atoms with van der Waals surface area (Å²) in [4.78, 5) is 24.0. The molecule has 0 aliphatic carbocycles. The van der Waals surface area contributed by atoms with Crippen LogP contribution in [0.2, 0.25) is 0 Å². The minimum atomic E-state index is -0.874. The molecule has 1 atom stereocenters. The van der Waals surface area contributed by atoms with E-state index in [1.165, 1.54) is 19.2 Å². The van der Waals surface area contributed by atoms with Crippen LogP contribution in [0, 0.1) is 5.82 Å². The zero-order chi connectivity index (χ0) is 21.4. The maximum atomic E-state index is 12.9. The average molecular weight is 403 g/mol. The molecule has 6 nitrogen and oxygen atoms in total. The highest BCUT2D eigenvalue weighted by molar-refractivity contribution is 5.81. The van der Waals surface area contributed by atoms with E-state index >= 15 is 0 Å². The predicted octanol–water partition coefficient (Wildman–Crippen LogP) is 4.01. The van der Waals surface area contributed by atoms with Crippen LogP contribution in [-0.4, -0.2) is 30.8 Å². The first-order chi connectivity index (χ1) is 13.7. The van der Waals surface area contributed by atoms with Gasteiger partial charge in [-0.3, -0.25) is 0 Å². The summed E-state index contributed by atoms with van der Waals surface area (Å²) in [5.74, 6) is -0.224. The maximum absolute atomic E-state index is 12.9. The third-order valence-corrected chi connectivity index (χ3v) is 3.86. The Kier molecular flexibility index (Phi) is 7.59. The Labute approximate surface area is 170 Å². The van der Waals surface area contributed by atoms with Crippen molar-refractivity contribution in [1.82, 2.24) is 5.32 Å². The zero-order valence-electron chi connectivity index (χ0n) is 17.0. The lowest BCUT2D eigenvalue weighted by atomic mass is 10.1.